The third-order valence-electron chi connectivity index (χ3n) is 3.96. The summed E-state index contributed by atoms with van der Waals surface area (Å²) in [5.74, 6) is 0.657. The molecular weight excluding hydrogens is 284 g/mol. The van der Waals surface area contributed by atoms with Crippen LogP contribution in [0.15, 0.2) is 0 Å². The highest BCUT2D eigenvalue weighted by Crippen LogP contribution is 2.39. The van der Waals surface area contributed by atoms with Gasteiger partial charge in [0.2, 0.25) is 5.91 Å². The van der Waals surface area contributed by atoms with Crippen LogP contribution in [0.4, 0.5) is 5.00 Å². The van der Waals surface area contributed by atoms with E-state index in [-0.39, 0.29) is 5.91 Å². The van der Waals surface area contributed by atoms with Crippen LogP contribution in [0.2, 0.25) is 0 Å². The summed E-state index contributed by atoms with van der Waals surface area (Å²) in [4.78, 5) is 25.0. The number of amides is 2. The number of primary amides is 1. The van der Waals surface area contributed by atoms with Crippen molar-refractivity contribution in [1.29, 1.82) is 0 Å². The highest BCUT2D eigenvalue weighted by atomic mass is 32.1. The van der Waals surface area contributed by atoms with Gasteiger partial charge in [-0.05, 0) is 43.1 Å². The summed E-state index contributed by atoms with van der Waals surface area (Å²) in [7, 11) is 0. The minimum absolute atomic E-state index is 0.0298. The Balaban J connectivity index is 2.19. The standard InChI is InChI=1S/C16H24N2O2S/c1-9(2)4-7-13(19)18-16-14(15(17)20)11-6-5-10(3)8-12(11)21-16/h9-10H,4-8H2,1-3H3,(H2,17,20)(H,18,19). The molecule has 1 atom stereocenters. The van der Waals surface area contributed by atoms with Crippen molar-refractivity contribution in [2.24, 2.45) is 17.6 Å². The third-order valence-corrected chi connectivity index (χ3v) is 5.13. The van der Waals surface area contributed by atoms with E-state index in [0.717, 1.165) is 31.2 Å². The Morgan fingerprint density at radius 1 is 1.43 bits per heavy atom. The molecule has 21 heavy (non-hydrogen) atoms. The first kappa shape index (κ1) is 16.0. The van der Waals surface area contributed by atoms with Gasteiger partial charge in [0.25, 0.3) is 5.91 Å². The third kappa shape index (κ3) is 3.84. The molecule has 1 aliphatic carbocycles. The molecule has 0 spiro atoms. The molecule has 1 aromatic heterocycles. The molecule has 4 nitrogen and oxygen atoms in total. The average molecular weight is 308 g/mol. The van der Waals surface area contributed by atoms with Crippen molar-refractivity contribution in [1.82, 2.24) is 0 Å². The number of carbonyl (C=O) groups excluding carboxylic acids is 2. The van der Waals surface area contributed by atoms with Gasteiger partial charge in [0, 0.05) is 11.3 Å². The van der Waals surface area contributed by atoms with Crippen molar-refractivity contribution in [2.45, 2.75) is 52.9 Å². The Hall–Kier alpha value is -1.36. The van der Waals surface area contributed by atoms with Crippen LogP contribution in [-0.2, 0) is 17.6 Å². The van der Waals surface area contributed by atoms with Gasteiger partial charge in [0.15, 0.2) is 0 Å². The largest absolute Gasteiger partial charge is 0.365 e. The second kappa shape index (κ2) is 6.60. The average Bonchev–Trinajstić information content (AvgIpc) is 2.73. The van der Waals surface area contributed by atoms with Gasteiger partial charge < -0.3 is 11.1 Å². The molecule has 1 aliphatic rings. The van der Waals surface area contributed by atoms with E-state index in [4.69, 9.17) is 5.73 Å². The quantitative estimate of drug-likeness (QED) is 0.875. The summed E-state index contributed by atoms with van der Waals surface area (Å²) in [5.41, 5.74) is 7.13. The van der Waals surface area contributed by atoms with Crippen LogP contribution in [0.25, 0.3) is 0 Å². The fraction of sp³-hybridized carbons (Fsp3) is 0.625. The fourth-order valence-electron chi connectivity index (χ4n) is 2.71. The highest BCUT2D eigenvalue weighted by molar-refractivity contribution is 7.17. The smallest absolute Gasteiger partial charge is 0.251 e. The van der Waals surface area contributed by atoms with Gasteiger partial charge >= 0.3 is 0 Å². The Morgan fingerprint density at radius 2 is 2.14 bits per heavy atom. The van der Waals surface area contributed by atoms with Gasteiger partial charge in [-0.2, -0.15) is 0 Å². The maximum atomic E-state index is 12.0. The molecule has 2 amide bonds. The van der Waals surface area contributed by atoms with Gasteiger partial charge in [-0.3, -0.25) is 9.59 Å². The molecule has 0 saturated heterocycles. The summed E-state index contributed by atoms with van der Waals surface area (Å²) in [6, 6.07) is 0. The summed E-state index contributed by atoms with van der Waals surface area (Å²) in [6.45, 7) is 6.40. The zero-order chi connectivity index (χ0) is 15.6. The Kier molecular flexibility index (Phi) is 5.04. The molecule has 1 aromatic rings. The number of hydrogen-bond acceptors (Lipinski definition) is 3. The maximum absolute atomic E-state index is 12.0. The van der Waals surface area contributed by atoms with E-state index in [1.807, 2.05) is 0 Å². The van der Waals surface area contributed by atoms with E-state index in [2.05, 4.69) is 26.1 Å². The van der Waals surface area contributed by atoms with Crippen molar-refractivity contribution in [2.75, 3.05) is 5.32 Å². The van der Waals surface area contributed by atoms with Crippen LogP contribution in [-0.4, -0.2) is 11.8 Å². The molecule has 1 heterocycles. The number of nitrogens with two attached hydrogens (primary N) is 1. The SMILES string of the molecule is CC(C)CCC(=O)Nc1sc2c(c1C(N)=O)CCC(C)C2. The van der Waals surface area contributed by atoms with E-state index in [1.165, 1.54) is 16.2 Å². The first-order valence-corrected chi connectivity index (χ1v) is 8.44. The number of nitrogens with one attached hydrogen (secondary N) is 1. The van der Waals surface area contributed by atoms with Gasteiger partial charge in [0.05, 0.1) is 5.56 Å². The van der Waals surface area contributed by atoms with Gasteiger partial charge in [-0.25, -0.2) is 0 Å². The lowest BCUT2D eigenvalue weighted by molar-refractivity contribution is -0.116. The molecule has 3 N–H and O–H groups in total. The molecule has 0 fully saturated rings. The molecular formula is C16H24N2O2S. The highest BCUT2D eigenvalue weighted by Gasteiger charge is 2.27. The zero-order valence-electron chi connectivity index (χ0n) is 13.0. The molecule has 0 saturated carbocycles. The minimum Gasteiger partial charge on any atom is -0.365 e. The number of carbonyl (C=O) groups is 2. The Labute approximate surface area is 130 Å². The van der Waals surface area contributed by atoms with Gasteiger partial charge in [-0.15, -0.1) is 11.3 Å². The van der Waals surface area contributed by atoms with Gasteiger partial charge in [-0.1, -0.05) is 20.8 Å². The van der Waals surface area contributed by atoms with Gasteiger partial charge in [0.1, 0.15) is 5.00 Å². The van der Waals surface area contributed by atoms with Crippen LogP contribution in [0, 0.1) is 11.8 Å². The molecule has 2 rings (SSSR count). The number of anilines is 1. The number of rotatable bonds is 5. The molecule has 5 heteroatoms. The van der Waals surface area contributed by atoms with Crippen LogP contribution in [0.1, 0.15) is 60.8 Å². The van der Waals surface area contributed by atoms with Crippen molar-refractivity contribution in [3.8, 4) is 0 Å². The normalized spacial score (nSPS) is 17.6. The molecule has 0 bridgehead atoms. The van der Waals surface area contributed by atoms with Crippen molar-refractivity contribution in [3.05, 3.63) is 16.0 Å². The zero-order valence-corrected chi connectivity index (χ0v) is 13.8. The van der Waals surface area contributed by atoms with Crippen LogP contribution >= 0.6 is 11.3 Å². The van der Waals surface area contributed by atoms with Crippen molar-refractivity contribution in [3.63, 3.8) is 0 Å². The summed E-state index contributed by atoms with van der Waals surface area (Å²) in [5, 5.41) is 3.55. The van der Waals surface area contributed by atoms with Crippen molar-refractivity contribution < 1.29 is 9.59 Å². The summed E-state index contributed by atoms with van der Waals surface area (Å²) in [6.07, 6.45) is 4.26. The van der Waals surface area contributed by atoms with E-state index >= 15 is 0 Å². The predicted octanol–water partition coefficient (Wildman–Crippen LogP) is 3.35. The lowest BCUT2D eigenvalue weighted by Gasteiger charge is -2.18. The fourth-order valence-corrected chi connectivity index (χ4v) is 4.14. The topological polar surface area (TPSA) is 72.2 Å². The van der Waals surface area contributed by atoms with Crippen LogP contribution in [0.5, 0.6) is 0 Å². The monoisotopic (exact) mass is 308 g/mol. The lowest BCUT2D eigenvalue weighted by Crippen LogP contribution is -2.19. The van der Waals surface area contributed by atoms with E-state index in [1.54, 1.807) is 0 Å². The summed E-state index contributed by atoms with van der Waals surface area (Å²) >= 11 is 1.52. The Bertz CT molecular complexity index is 549. The molecule has 0 radical (unpaired) electrons. The first-order chi connectivity index (χ1) is 9.88. The number of fused-ring (bicyclic) bond motifs is 1. The van der Waals surface area contributed by atoms with E-state index < -0.39 is 5.91 Å². The second-order valence-corrected chi connectivity index (χ2v) is 7.51. The lowest BCUT2D eigenvalue weighted by atomic mass is 9.88. The van der Waals surface area contributed by atoms with E-state index in [9.17, 15) is 9.59 Å². The van der Waals surface area contributed by atoms with Crippen LogP contribution in [0.3, 0.4) is 0 Å². The molecule has 116 valence electrons. The minimum atomic E-state index is -0.429. The molecule has 1 unspecified atom stereocenters. The Morgan fingerprint density at radius 3 is 2.76 bits per heavy atom. The van der Waals surface area contributed by atoms with Crippen LogP contribution < -0.4 is 11.1 Å². The predicted molar refractivity (Wildman–Crippen MR) is 86.7 cm³/mol. The second-order valence-electron chi connectivity index (χ2n) is 6.40. The number of hydrogen-bond donors (Lipinski definition) is 2. The first-order valence-electron chi connectivity index (χ1n) is 7.62. The van der Waals surface area contributed by atoms with Crippen molar-refractivity contribution >= 4 is 28.2 Å². The maximum Gasteiger partial charge on any atom is 0.251 e. The van der Waals surface area contributed by atoms with E-state index in [0.29, 0.717) is 28.8 Å². The molecule has 0 aromatic carbocycles. The summed E-state index contributed by atoms with van der Waals surface area (Å²) < 4.78 is 0. The molecule has 0 aliphatic heterocycles. The number of thiophene rings is 1.